The number of aliphatic hydroxyl groups excluding tert-OH is 1. The highest BCUT2D eigenvalue weighted by atomic mass is 16.5. The number of nitrogens with one attached hydrogen (secondary N) is 1. The van der Waals surface area contributed by atoms with Crippen molar-refractivity contribution in [2.45, 2.75) is 37.6 Å². The second-order valence-electron chi connectivity index (χ2n) is 11.0. The molecule has 0 spiro atoms. The third kappa shape index (κ3) is 5.43. The minimum atomic E-state index is -0.209. The van der Waals surface area contributed by atoms with E-state index in [4.69, 9.17) is 18.9 Å². The van der Waals surface area contributed by atoms with Crippen LogP contribution < -0.4 is 10.1 Å². The number of pyridine rings is 1. The lowest BCUT2D eigenvalue weighted by Gasteiger charge is -2.24. The number of carbonyl (C=O) groups is 1. The number of aliphatic hydroxyl groups is 1. The van der Waals surface area contributed by atoms with Crippen LogP contribution in [0.3, 0.4) is 0 Å². The van der Waals surface area contributed by atoms with E-state index < -0.39 is 0 Å². The van der Waals surface area contributed by atoms with Gasteiger partial charge in [-0.3, -0.25) is 9.78 Å². The number of nitrogens with zero attached hydrogens (tertiary/aromatic N) is 3. The molecule has 1 saturated heterocycles. The van der Waals surface area contributed by atoms with Crippen LogP contribution in [0.2, 0.25) is 0 Å². The lowest BCUT2D eigenvalue weighted by Crippen LogP contribution is -2.29. The van der Waals surface area contributed by atoms with Gasteiger partial charge in [0.2, 0.25) is 0 Å². The van der Waals surface area contributed by atoms with Gasteiger partial charge in [-0.05, 0) is 73.1 Å². The summed E-state index contributed by atoms with van der Waals surface area (Å²) >= 11 is 0. The van der Waals surface area contributed by atoms with Gasteiger partial charge in [-0.15, -0.1) is 0 Å². The summed E-state index contributed by atoms with van der Waals surface area (Å²) < 4.78 is 17.7. The summed E-state index contributed by atoms with van der Waals surface area (Å²) in [4.78, 5) is 19.0. The number of nitriles is 1. The lowest BCUT2D eigenvalue weighted by atomic mass is 9.95. The quantitative estimate of drug-likeness (QED) is 0.270. The molecular formula is C33H34N4O5. The van der Waals surface area contributed by atoms with E-state index in [-0.39, 0.29) is 25.1 Å². The molecule has 216 valence electrons. The highest BCUT2D eigenvalue weighted by Gasteiger charge is 2.30. The molecule has 0 radical (unpaired) electrons. The first-order valence-electron chi connectivity index (χ1n) is 14.4. The summed E-state index contributed by atoms with van der Waals surface area (Å²) in [6.07, 6.45) is 5.95. The van der Waals surface area contributed by atoms with Crippen LogP contribution in [-0.4, -0.2) is 67.5 Å². The number of aromatic nitrogens is 1. The molecular weight excluding hydrogens is 532 g/mol. The van der Waals surface area contributed by atoms with Gasteiger partial charge in [-0.25, -0.2) is 0 Å². The number of carbonyl (C=O) groups excluding carboxylic acids is 1. The Balaban J connectivity index is 1.40. The Morgan fingerprint density at radius 2 is 1.98 bits per heavy atom. The van der Waals surface area contributed by atoms with Crippen molar-refractivity contribution in [1.82, 2.24) is 9.88 Å². The zero-order valence-corrected chi connectivity index (χ0v) is 23.9. The Bertz CT molecular complexity index is 1660. The summed E-state index contributed by atoms with van der Waals surface area (Å²) in [6.45, 7) is 1.58. The van der Waals surface area contributed by atoms with Gasteiger partial charge in [0, 0.05) is 56.2 Å². The average molecular weight is 567 g/mol. The van der Waals surface area contributed by atoms with Crippen LogP contribution in [-0.2, 0) is 4.74 Å². The fourth-order valence-electron chi connectivity index (χ4n) is 5.61. The standard InChI is InChI=1S/C33H34N4O5/c1-37(11-12-38)33(39)22-5-7-25(29(16-22)40-2)30-17-28-32(42-30)31(26(19-35-28)20-3-4-20)21-6-8-27(23(15-21)18-34)36-24-9-13-41-14-10-24/h5-8,15-17,19-20,24,36,38H,3-4,9-14H2,1-2H3. The normalized spacial score (nSPS) is 15.4. The molecule has 9 nitrogen and oxygen atoms in total. The summed E-state index contributed by atoms with van der Waals surface area (Å²) in [5.74, 6) is 1.27. The Labute approximate surface area is 244 Å². The number of furan rings is 1. The first kappa shape index (κ1) is 27.8. The summed E-state index contributed by atoms with van der Waals surface area (Å²) in [6, 6.07) is 15.8. The SMILES string of the molecule is COc1cc(C(=O)N(C)CCO)ccc1-c1cc2ncc(C3CC3)c(-c3ccc(NC4CCOCC4)c(C#N)c3)c2o1. The molecule has 2 N–H and O–H groups in total. The minimum absolute atomic E-state index is 0.111. The maximum Gasteiger partial charge on any atom is 0.253 e. The topological polar surface area (TPSA) is 121 Å². The van der Waals surface area contributed by atoms with E-state index in [1.807, 2.05) is 30.5 Å². The monoisotopic (exact) mass is 566 g/mol. The van der Waals surface area contributed by atoms with Crippen LogP contribution in [0.15, 0.2) is 53.1 Å². The molecule has 1 aliphatic heterocycles. The van der Waals surface area contributed by atoms with Crippen molar-refractivity contribution in [3.8, 4) is 34.3 Å². The predicted octanol–water partition coefficient (Wildman–Crippen LogP) is 5.57. The number of amides is 1. The van der Waals surface area contributed by atoms with E-state index in [9.17, 15) is 15.2 Å². The van der Waals surface area contributed by atoms with Crippen molar-refractivity contribution in [1.29, 1.82) is 5.26 Å². The Morgan fingerprint density at radius 1 is 1.17 bits per heavy atom. The maximum absolute atomic E-state index is 12.8. The molecule has 4 aromatic rings. The number of hydrogen-bond donors (Lipinski definition) is 2. The van der Waals surface area contributed by atoms with E-state index in [1.165, 1.54) is 4.90 Å². The van der Waals surface area contributed by atoms with Gasteiger partial charge in [-0.1, -0.05) is 6.07 Å². The average Bonchev–Trinajstić information content (AvgIpc) is 3.78. The van der Waals surface area contributed by atoms with Crippen LogP contribution in [0, 0.1) is 11.3 Å². The number of likely N-dealkylation sites (N-methyl/N-ethyl adjacent to an activating group) is 1. The molecule has 3 heterocycles. The van der Waals surface area contributed by atoms with Gasteiger partial charge in [-0.2, -0.15) is 5.26 Å². The van der Waals surface area contributed by atoms with Gasteiger partial charge in [0.1, 0.15) is 23.1 Å². The molecule has 6 rings (SSSR count). The van der Waals surface area contributed by atoms with Crippen molar-refractivity contribution in [2.24, 2.45) is 0 Å². The van der Waals surface area contributed by atoms with E-state index in [1.54, 1.807) is 26.3 Å². The van der Waals surface area contributed by atoms with E-state index in [0.29, 0.717) is 45.2 Å². The van der Waals surface area contributed by atoms with Gasteiger partial charge in [0.05, 0.1) is 30.5 Å². The predicted molar refractivity (Wildman–Crippen MR) is 160 cm³/mol. The van der Waals surface area contributed by atoms with Gasteiger partial charge < -0.3 is 29.2 Å². The Kier molecular flexibility index (Phi) is 7.83. The number of anilines is 1. The van der Waals surface area contributed by atoms with Gasteiger partial charge in [0.25, 0.3) is 5.91 Å². The van der Waals surface area contributed by atoms with Gasteiger partial charge >= 0.3 is 0 Å². The first-order valence-corrected chi connectivity index (χ1v) is 14.4. The summed E-state index contributed by atoms with van der Waals surface area (Å²) in [5, 5.41) is 22.8. The van der Waals surface area contributed by atoms with Crippen LogP contribution in [0.5, 0.6) is 5.75 Å². The van der Waals surface area contributed by atoms with E-state index >= 15 is 0 Å². The molecule has 0 bridgehead atoms. The van der Waals surface area contributed by atoms with Crippen LogP contribution in [0.25, 0.3) is 33.6 Å². The number of hydrogen-bond acceptors (Lipinski definition) is 8. The smallest absolute Gasteiger partial charge is 0.253 e. The van der Waals surface area contributed by atoms with E-state index in [0.717, 1.165) is 61.3 Å². The second kappa shape index (κ2) is 11.8. The zero-order chi connectivity index (χ0) is 29.2. The number of rotatable bonds is 9. The van der Waals surface area contributed by atoms with Crippen molar-refractivity contribution in [3.63, 3.8) is 0 Å². The number of benzene rings is 2. The first-order chi connectivity index (χ1) is 20.5. The summed E-state index contributed by atoms with van der Waals surface area (Å²) in [7, 11) is 3.20. The Hall–Kier alpha value is -4.39. The molecule has 1 amide bonds. The fraction of sp³-hybridized carbons (Fsp3) is 0.364. The molecule has 2 fully saturated rings. The molecule has 2 aromatic carbocycles. The molecule has 1 aliphatic carbocycles. The van der Waals surface area contributed by atoms with E-state index in [2.05, 4.69) is 17.5 Å². The Morgan fingerprint density at radius 3 is 2.69 bits per heavy atom. The largest absolute Gasteiger partial charge is 0.496 e. The maximum atomic E-state index is 12.8. The molecule has 2 aromatic heterocycles. The van der Waals surface area contributed by atoms with Gasteiger partial charge in [0.15, 0.2) is 5.58 Å². The fourth-order valence-corrected chi connectivity index (χ4v) is 5.61. The van der Waals surface area contributed by atoms with Crippen molar-refractivity contribution < 1.29 is 23.8 Å². The second-order valence-corrected chi connectivity index (χ2v) is 11.0. The van der Waals surface area contributed by atoms with Crippen LogP contribution in [0.1, 0.15) is 53.1 Å². The molecule has 1 saturated carbocycles. The zero-order valence-electron chi connectivity index (χ0n) is 23.9. The number of fused-ring (bicyclic) bond motifs is 1. The van der Waals surface area contributed by atoms with Crippen LogP contribution in [0.4, 0.5) is 5.69 Å². The number of methoxy groups -OCH3 is 1. The summed E-state index contributed by atoms with van der Waals surface area (Å²) in [5.41, 5.74) is 6.93. The lowest BCUT2D eigenvalue weighted by molar-refractivity contribution is 0.0766. The molecule has 0 atom stereocenters. The molecule has 9 heteroatoms. The molecule has 2 aliphatic rings. The highest BCUT2D eigenvalue weighted by molar-refractivity contribution is 5.97. The molecule has 0 unspecified atom stereocenters. The number of ether oxygens (including phenoxy) is 2. The third-order valence-corrected chi connectivity index (χ3v) is 8.09. The van der Waals surface area contributed by atoms with Crippen molar-refractivity contribution >= 4 is 22.7 Å². The molecule has 42 heavy (non-hydrogen) atoms. The van der Waals surface area contributed by atoms with Crippen LogP contribution >= 0.6 is 0 Å². The van der Waals surface area contributed by atoms with Crippen molar-refractivity contribution in [3.05, 3.63) is 65.4 Å². The highest BCUT2D eigenvalue weighted by Crippen LogP contribution is 2.48. The third-order valence-electron chi connectivity index (χ3n) is 8.09. The van der Waals surface area contributed by atoms with Crippen molar-refractivity contribution in [2.75, 3.05) is 45.8 Å². The minimum Gasteiger partial charge on any atom is -0.496 e.